The van der Waals surface area contributed by atoms with Gasteiger partial charge < -0.3 is 16.0 Å². The number of aromatic nitrogens is 1. The van der Waals surface area contributed by atoms with E-state index in [0.29, 0.717) is 36.3 Å². The van der Waals surface area contributed by atoms with Gasteiger partial charge in [0.2, 0.25) is 5.91 Å². The molecule has 2 aromatic rings. The average molecular weight is 553 g/mol. The predicted molar refractivity (Wildman–Crippen MR) is 131 cm³/mol. The number of aryl methyl sites for hydroxylation is 1. The summed E-state index contributed by atoms with van der Waals surface area (Å²) in [6.07, 6.45) is -3.87. The van der Waals surface area contributed by atoms with Gasteiger partial charge in [0.25, 0.3) is 17.7 Å². The second-order valence-electron chi connectivity index (χ2n) is 9.18. The van der Waals surface area contributed by atoms with Crippen LogP contribution in [-0.2, 0) is 22.3 Å². The van der Waals surface area contributed by atoms with Crippen LogP contribution in [-0.4, -0.2) is 65.3 Å². The number of fused-ring (bicyclic) bond motifs is 2. The van der Waals surface area contributed by atoms with E-state index in [-0.39, 0.29) is 23.0 Å². The first-order valence-corrected chi connectivity index (χ1v) is 12.8. The molecule has 10 nitrogen and oxygen atoms in total. The zero-order chi connectivity index (χ0) is 27.8. The summed E-state index contributed by atoms with van der Waals surface area (Å²) < 4.78 is 40.1. The van der Waals surface area contributed by atoms with E-state index in [2.05, 4.69) is 20.9 Å². The number of thiazole rings is 1. The number of carbonyl (C=O) groups is 4. The molecule has 4 rings (SSSR count). The van der Waals surface area contributed by atoms with E-state index in [4.69, 9.17) is 0 Å². The summed E-state index contributed by atoms with van der Waals surface area (Å²) in [4.78, 5) is 55.1. The van der Waals surface area contributed by atoms with Crippen molar-refractivity contribution in [2.75, 3.05) is 26.7 Å². The molecule has 0 spiro atoms. The number of alkyl halides is 3. The lowest BCUT2D eigenvalue weighted by Crippen LogP contribution is -2.47. The summed E-state index contributed by atoms with van der Waals surface area (Å²) in [7, 11) is 1.45. The zero-order valence-electron chi connectivity index (χ0n) is 20.9. The molecule has 204 valence electrons. The van der Waals surface area contributed by atoms with E-state index in [1.54, 1.807) is 18.9 Å². The maximum atomic E-state index is 13.4. The van der Waals surface area contributed by atoms with Crippen LogP contribution in [0.1, 0.15) is 61.2 Å². The Morgan fingerprint density at radius 3 is 2.63 bits per heavy atom. The molecule has 0 unspecified atom stereocenters. The van der Waals surface area contributed by atoms with Crippen LogP contribution in [0.3, 0.4) is 0 Å². The summed E-state index contributed by atoms with van der Waals surface area (Å²) >= 11 is 0.925. The summed E-state index contributed by atoms with van der Waals surface area (Å²) in [5.41, 5.74) is 0.174. The third-order valence-electron chi connectivity index (χ3n) is 6.49. The standard InChI is InChI=1S/C24H27F3N6O4S/c1-12(10-29-20(35)18-13(2)30-22(38-18)21(36)28-3)19(34)31-17-16-6-5-15(24(25,26)27)9-14(16)11-32-7-4-8-33(32)23(17)37/h5-6,9,12,17H,4,7-8,10-11H2,1-3H3,(H,28,36)(H,29,35)(H,31,34)/t12-,17+/m1/s1. The lowest BCUT2D eigenvalue weighted by molar-refractivity contribution is -0.148. The topological polar surface area (TPSA) is 124 Å². The molecule has 14 heteroatoms. The van der Waals surface area contributed by atoms with E-state index >= 15 is 0 Å². The highest BCUT2D eigenvalue weighted by Crippen LogP contribution is 2.35. The molecule has 4 amide bonds. The van der Waals surface area contributed by atoms with E-state index in [1.165, 1.54) is 18.1 Å². The minimum absolute atomic E-state index is 0.0755. The lowest BCUT2D eigenvalue weighted by Gasteiger charge is -2.28. The number of hydrogen-bond donors (Lipinski definition) is 3. The Morgan fingerprint density at radius 1 is 1.21 bits per heavy atom. The van der Waals surface area contributed by atoms with Crippen LogP contribution in [0.5, 0.6) is 0 Å². The molecule has 2 aliphatic rings. The number of hydrazine groups is 1. The van der Waals surface area contributed by atoms with Gasteiger partial charge in [-0.1, -0.05) is 13.0 Å². The van der Waals surface area contributed by atoms with Gasteiger partial charge in [-0.3, -0.25) is 24.2 Å². The monoisotopic (exact) mass is 552 g/mol. The Labute approximate surface area is 220 Å². The smallest absolute Gasteiger partial charge is 0.353 e. The van der Waals surface area contributed by atoms with Crippen molar-refractivity contribution in [2.24, 2.45) is 5.92 Å². The quantitative estimate of drug-likeness (QED) is 0.504. The van der Waals surface area contributed by atoms with Gasteiger partial charge in [0.05, 0.1) is 17.2 Å². The largest absolute Gasteiger partial charge is 0.416 e. The van der Waals surface area contributed by atoms with E-state index in [9.17, 15) is 32.3 Å². The molecule has 0 saturated carbocycles. The van der Waals surface area contributed by atoms with Crippen molar-refractivity contribution in [3.05, 3.63) is 50.5 Å². The number of rotatable bonds is 6. The molecule has 1 saturated heterocycles. The van der Waals surface area contributed by atoms with Crippen molar-refractivity contribution in [1.82, 2.24) is 31.0 Å². The molecule has 0 bridgehead atoms. The molecule has 38 heavy (non-hydrogen) atoms. The highest BCUT2D eigenvalue weighted by atomic mass is 32.1. The Bertz CT molecular complexity index is 1280. The summed E-state index contributed by atoms with van der Waals surface area (Å²) in [5, 5.41) is 11.1. The first-order chi connectivity index (χ1) is 17.9. The van der Waals surface area contributed by atoms with Crippen LogP contribution in [0.4, 0.5) is 13.2 Å². The molecular weight excluding hydrogens is 525 g/mol. The maximum Gasteiger partial charge on any atom is 0.416 e. The Morgan fingerprint density at radius 2 is 1.95 bits per heavy atom. The normalized spacial score (nSPS) is 18.3. The fraction of sp³-hybridized carbons (Fsp3) is 0.458. The molecule has 2 aliphatic heterocycles. The van der Waals surface area contributed by atoms with Crippen LogP contribution in [0.25, 0.3) is 0 Å². The Hall–Kier alpha value is -3.52. The van der Waals surface area contributed by atoms with Crippen molar-refractivity contribution < 1.29 is 32.3 Å². The second-order valence-corrected chi connectivity index (χ2v) is 10.2. The van der Waals surface area contributed by atoms with Crippen molar-refractivity contribution in [2.45, 2.75) is 39.0 Å². The lowest BCUT2D eigenvalue weighted by atomic mass is 9.96. The fourth-order valence-corrected chi connectivity index (χ4v) is 5.34. The Kier molecular flexibility index (Phi) is 7.74. The Balaban J connectivity index is 1.48. The third-order valence-corrected chi connectivity index (χ3v) is 7.65. The number of amides is 4. The van der Waals surface area contributed by atoms with Crippen LogP contribution in [0, 0.1) is 12.8 Å². The van der Waals surface area contributed by atoms with Gasteiger partial charge in [-0.25, -0.2) is 9.99 Å². The van der Waals surface area contributed by atoms with Crippen LogP contribution < -0.4 is 16.0 Å². The van der Waals surface area contributed by atoms with E-state index in [1.807, 2.05) is 0 Å². The van der Waals surface area contributed by atoms with Crippen LogP contribution >= 0.6 is 11.3 Å². The van der Waals surface area contributed by atoms with Crippen molar-refractivity contribution >= 4 is 35.0 Å². The maximum absolute atomic E-state index is 13.4. The summed E-state index contributed by atoms with van der Waals surface area (Å²) in [5.74, 6) is -2.66. The van der Waals surface area contributed by atoms with E-state index in [0.717, 1.165) is 23.5 Å². The average Bonchev–Trinajstić information content (AvgIpc) is 3.48. The van der Waals surface area contributed by atoms with Gasteiger partial charge in [0.15, 0.2) is 5.01 Å². The SMILES string of the molecule is CNC(=O)c1nc(C)c(C(=O)NC[C@@H](C)C(=O)N[C@@H]2C(=O)N3CCCN3Cc3cc(C(F)(F)F)ccc32)s1. The first kappa shape index (κ1) is 27.5. The fourth-order valence-electron chi connectivity index (χ4n) is 4.41. The minimum Gasteiger partial charge on any atom is -0.353 e. The molecule has 0 aliphatic carbocycles. The second kappa shape index (κ2) is 10.7. The number of nitrogens with zero attached hydrogens (tertiary/aromatic N) is 3. The number of carbonyl (C=O) groups excluding carboxylic acids is 4. The number of nitrogens with one attached hydrogen (secondary N) is 3. The highest BCUT2D eigenvalue weighted by Gasteiger charge is 2.40. The molecule has 2 atom stereocenters. The van der Waals surface area contributed by atoms with Gasteiger partial charge in [-0.15, -0.1) is 11.3 Å². The molecule has 0 radical (unpaired) electrons. The van der Waals surface area contributed by atoms with Crippen LogP contribution in [0.15, 0.2) is 18.2 Å². The molecule has 1 aromatic heterocycles. The molecule has 1 fully saturated rings. The van der Waals surface area contributed by atoms with Gasteiger partial charge in [0, 0.05) is 33.2 Å². The summed E-state index contributed by atoms with van der Waals surface area (Å²) in [6.45, 7) is 4.12. The van der Waals surface area contributed by atoms with Gasteiger partial charge in [-0.2, -0.15) is 13.2 Å². The van der Waals surface area contributed by atoms with Gasteiger partial charge in [0.1, 0.15) is 10.9 Å². The number of halogens is 3. The van der Waals surface area contributed by atoms with Crippen molar-refractivity contribution in [3.63, 3.8) is 0 Å². The van der Waals surface area contributed by atoms with E-state index < -0.39 is 47.3 Å². The number of benzene rings is 1. The van der Waals surface area contributed by atoms with Gasteiger partial charge >= 0.3 is 6.18 Å². The van der Waals surface area contributed by atoms with Crippen molar-refractivity contribution in [3.8, 4) is 0 Å². The minimum atomic E-state index is -4.54. The van der Waals surface area contributed by atoms with Crippen LogP contribution in [0.2, 0.25) is 0 Å². The predicted octanol–water partition coefficient (Wildman–Crippen LogP) is 2.02. The van der Waals surface area contributed by atoms with Gasteiger partial charge in [-0.05, 0) is 36.6 Å². The number of hydrogen-bond acceptors (Lipinski definition) is 7. The zero-order valence-corrected chi connectivity index (χ0v) is 21.8. The third kappa shape index (κ3) is 5.50. The molecule has 3 N–H and O–H groups in total. The van der Waals surface area contributed by atoms with Crippen molar-refractivity contribution in [1.29, 1.82) is 0 Å². The molecule has 3 heterocycles. The molecular formula is C24H27F3N6O4S. The first-order valence-electron chi connectivity index (χ1n) is 11.9. The summed E-state index contributed by atoms with van der Waals surface area (Å²) in [6, 6.07) is 2.01. The molecule has 1 aromatic carbocycles. The highest BCUT2D eigenvalue weighted by molar-refractivity contribution is 7.15.